The van der Waals surface area contributed by atoms with E-state index in [4.69, 9.17) is 5.10 Å². The molecule has 0 bridgehead atoms. The van der Waals surface area contributed by atoms with Crippen molar-refractivity contribution in [2.75, 3.05) is 37.6 Å². The van der Waals surface area contributed by atoms with E-state index in [-0.39, 0.29) is 6.03 Å². The van der Waals surface area contributed by atoms with Gasteiger partial charge in [0.15, 0.2) is 11.5 Å². The van der Waals surface area contributed by atoms with Gasteiger partial charge in [-0.15, -0.1) is 21.9 Å². The number of fused-ring (bicyclic) bond motifs is 1. The summed E-state index contributed by atoms with van der Waals surface area (Å²) in [6.07, 6.45) is 6.00. The Kier molecular flexibility index (Phi) is 5.14. The molecule has 1 N–H and O–H groups in total. The summed E-state index contributed by atoms with van der Waals surface area (Å²) in [5, 5.41) is 16.1. The minimum atomic E-state index is -0.0519. The number of hydrogen-bond acceptors (Lipinski definition) is 6. The number of carbonyl (C=O) groups is 1. The number of carbonyl (C=O) groups excluding carboxylic acids is 1. The fourth-order valence-corrected chi connectivity index (χ4v) is 3.25. The second-order valence-corrected chi connectivity index (χ2v) is 6.52. The lowest BCUT2D eigenvalue weighted by Gasteiger charge is -2.22. The van der Waals surface area contributed by atoms with Crippen molar-refractivity contribution in [3.8, 4) is 11.4 Å². The Morgan fingerprint density at radius 3 is 2.79 bits per heavy atom. The molecule has 1 fully saturated rings. The molecule has 1 saturated heterocycles. The van der Waals surface area contributed by atoms with Crippen molar-refractivity contribution >= 4 is 17.5 Å². The first-order chi connectivity index (χ1) is 13.8. The van der Waals surface area contributed by atoms with Crippen LogP contribution < -0.4 is 10.2 Å². The Morgan fingerprint density at radius 2 is 1.96 bits per heavy atom. The standard InChI is InChI=1S/C19H22N8O/c1-2-8-21-19(28)26-12-3-11-25(13-14-26)17-5-4-16-22-23-18(27(16)24-17)15-6-9-20-10-7-15/h2,4-7,9-10H,1,3,8,11-14H2,(H,21,28). The van der Waals surface area contributed by atoms with Crippen LogP contribution in [0.3, 0.4) is 0 Å². The Morgan fingerprint density at radius 1 is 1.11 bits per heavy atom. The van der Waals surface area contributed by atoms with Crippen molar-refractivity contribution in [2.24, 2.45) is 0 Å². The van der Waals surface area contributed by atoms with Crippen molar-refractivity contribution in [3.63, 3.8) is 0 Å². The first kappa shape index (κ1) is 17.9. The molecule has 3 aromatic heterocycles. The average Bonchev–Trinajstić information content (AvgIpc) is 3.00. The predicted octanol–water partition coefficient (Wildman–Crippen LogP) is 1.59. The number of nitrogens with zero attached hydrogens (tertiary/aromatic N) is 7. The van der Waals surface area contributed by atoms with Gasteiger partial charge in [-0.2, -0.15) is 4.52 Å². The Labute approximate surface area is 162 Å². The molecule has 0 atom stereocenters. The van der Waals surface area contributed by atoms with Crippen LogP contribution in [0.15, 0.2) is 49.3 Å². The molecule has 0 aliphatic carbocycles. The third-order valence-electron chi connectivity index (χ3n) is 4.69. The van der Waals surface area contributed by atoms with Gasteiger partial charge in [0, 0.05) is 50.7 Å². The van der Waals surface area contributed by atoms with Crippen molar-refractivity contribution in [1.82, 2.24) is 35.0 Å². The summed E-state index contributed by atoms with van der Waals surface area (Å²) >= 11 is 0. The summed E-state index contributed by atoms with van der Waals surface area (Å²) in [6, 6.07) is 7.59. The zero-order valence-electron chi connectivity index (χ0n) is 15.5. The lowest BCUT2D eigenvalue weighted by Crippen LogP contribution is -2.42. The molecule has 1 aliphatic heterocycles. The van der Waals surface area contributed by atoms with Crippen molar-refractivity contribution in [1.29, 1.82) is 0 Å². The van der Waals surface area contributed by atoms with E-state index in [9.17, 15) is 4.79 Å². The van der Waals surface area contributed by atoms with Crippen LogP contribution in [0.1, 0.15) is 6.42 Å². The number of pyridine rings is 1. The molecule has 9 nitrogen and oxygen atoms in total. The highest BCUT2D eigenvalue weighted by Gasteiger charge is 2.20. The van der Waals surface area contributed by atoms with Crippen LogP contribution >= 0.6 is 0 Å². The lowest BCUT2D eigenvalue weighted by atomic mass is 10.2. The normalized spacial score (nSPS) is 14.7. The molecular weight excluding hydrogens is 356 g/mol. The van der Waals surface area contributed by atoms with E-state index < -0.39 is 0 Å². The van der Waals surface area contributed by atoms with Crippen LogP contribution in [0.25, 0.3) is 17.0 Å². The number of urea groups is 1. The van der Waals surface area contributed by atoms with E-state index in [1.54, 1.807) is 23.0 Å². The van der Waals surface area contributed by atoms with Gasteiger partial charge in [0.05, 0.1) is 0 Å². The minimum Gasteiger partial charge on any atom is -0.353 e. The molecule has 3 aromatic rings. The van der Waals surface area contributed by atoms with E-state index in [1.807, 2.05) is 29.2 Å². The van der Waals surface area contributed by atoms with E-state index in [0.717, 1.165) is 30.9 Å². The summed E-state index contributed by atoms with van der Waals surface area (Å²) in [7, 11) is 0. The number of anilines is 1. The zero-order valence-corrected chi connectivity index (χ0v) is 15.5. The quantitative estimate of drug-likeness (QED) is 0.694. The number of nitrogens with one attached hydrogen (secondary N) is 1. The zero-order chi connectivity index (χ0) is 19.3. The molecule has 144 valence electrons. The van der Waals surface area contributed by atoms with E-state index in [0.29, 0.717) is 31.1 Å². The van der Waals surface area contributed by atoms with Crippen molar-refractivity contribution < 1.29 is 4.79 Å². The van der Waals surface area contributed by atoms with Gasteiger partial charge in [-0.25, -0.2) is 4.79 Å². The molecule has 28 heavy (non-hydrogen) atoms. The molecule has 0 spiro atoms. The highest BCUT2D eigenvalue weighted by molar-refractivity contribution is 5.74. The fraction of sp³-hybridized carbons (Fsp3) is 0.316. The molecule has 0 unspecified atom stereocenters. The van der Waals surface area contributed by atoms with Crippen LogP contribution in [0.4, 0.5) is 10.6 Å². The van der Waals surface area contributed by atoms with Crippen LogP contribution in [0.2, 0.25) is 0 Å². The largest absolute Gasteiger partial charge is 0.353 e. The molecule has 1 aliphatic rings. The van der Waals surface area contributed by atoms with E-state index in [1.165, 1.54) is 0 Å². The smallest absolute Gasteiger partial charge is 0.317 e. The molecule has 4 heterocycles. The third-order valence-corrected chi connectivity index (χ3v) is 4.69. The van der Waals surface area contributed by atoms with Gasteiger partial charge in [0.2, 0.25) is 0 Å². The Hall–Kier alpha value is -3.49. The minimum absolute atomic E-state index is 0.0519. The summed E-state index contributed by atoms with van der Waals surface area (Å²) in [5.41, 5.74) is 1.60. The van der Waals surface area contributed by atoms with Crippen molar-refractivity contribution in [3.05, 3.63) is 49.3 Å². The number of amides is 2. The van der Waals surface area contributed by atoms with Gasteiger partial charge in [0.25, 0.3) is 0 Å². The molecule has 9 heteroatoms. The Bertz CT molecular complexity index is 970. The second kappa shape index (κ2) is 8.03. The molecule has 0 radical (unpaired) electrons. The maximum Gasteiger partial charge on any atom is 0.317 e. The number of rotatable bonds is 4. The topological polar surface area (TPSA) is 91.5 Å². The molecule has 0 saturated carbocycles. The molecule has 4 rings (SSSR count). The number of hydrogen-bond donors (Lipinski definition) is 1. The second-order valence-electron chi connectivity index (χ2n) is 6.52. The lowest BCUT2D eigenvalue weighted by molar-refractivity contribution is 0.202. The Balaban J connectivity index is 1.54. The summed E-state index contributed by atoms with van der Waals surface area (Å²) in [4.78, 5) is 20.3. The highest BCUT2D eigenvalue weighted by atomic mass is 16.2. The summed E-state index contributed by atoms with van der Waals surface area (Å²) < 4.78 is 1.75. The first-order valence-electron chi connectivity index (χ1n) is 9.28. The van der Waals surface area contributed by atoms with Gasteiger partial charge in [0.1, 0.15) is 5.82 Å². The first-order valence-corrected chi connectivity index (χ1v) is 9.28. The average molecular weight is 378 g/mol. The van der Waals surface area contributed by atoms with Crippen LogP contribution in [-0.2, 0) is 0 Å². The molecular formula is C19H22N8O. The third kappa shape index (κ3) is 3.64. The van der Waals surface area contributed by atoms with Crippen LogP contribution in [0, 0.1) is 0 Å². The molecule has 0 aromatic carbocycles. The fourth-order valence-electron chi connectivity index (χ4n) is 3.25. The van der Waals surface area contributed by atoms with Gasteiger partial charge in [-0.1, -0.05) is 6.08 Å². The number of aromatic nitrogens is 5. The highest BCUT2D eigenvalue weighted by Crippen LogP contribution is 2.19. The van der Waals surface area contributed by atoms with Gasteiger partial charge >= 0.3 is 6.03 Å². The van der Waals surface area contributed by atoms with Crippen molar-refractivity contribution in [2.45, 2.75) is 6.42 Å². The summed E-state index contributed by atoms with van der Waals surface area (Å²) in [5.74, 6) is 1.52. The van der Waals surface area contributed by atoms with Gasteiger partial charge in [-0.3, -0.25) is 4.98 Å². The monoisotopic (exact) mass is 378 g/mol. The maximum atomic E-state index is 12.2. The maximum absolute atomic E-state index is 12.2. The predicted molar refractivity (Wildman–Crippen MR) is 106 cm³/mol. The van der Waals surface area contributed by atoms with Gasteiger partial charge < -0.3 is 15.1 Å². The van der Waals surface area contributed by atoms with Crippen LogP contribution in [0.5, 0.6) is 0 Å². The SMILES string of the molecule is C=CCNC(=O)N1CCCN(c2ccc3nnc(-c4ccncc4)n3n2)CC1. The summed E-state index contributed by atoms with van der Waals surface area (Å²) in [6.45, 7) is 7.01. The van der Waals surface area contributed by atoms with E-state index in [2.05, 4.69) is 32.0 Å². The molecule has 2 amide bonds. The van der Waals surface area contributed by atoms with E-state index >= 15 is 0 Å². The van der Waals surface area contributed by atoms with Gasteiger partial charge in [-0.05, 0) is 30.7 Å². The van der Waals surface area contributed by atoms with Crippen LogP contribution in [-0.4, -0.2) is 68.5 Å².